The van der Waals surface area contributed by atoms with Crippen LogP contribution in [0.1, 0.15) is 30.4 Å². The molecule has 1 aromatic rings. The van der Waals surface area contributed by atoms with Crippen molar-refractivity contribution in [1.82, 2.24) is 10.2 Å². The first-order valence-electron chi connectivity index (χ1n) is 7.90. The zero-order valence-electron chi connectivity index (χ0n) is 13.2. The first-order valence-corrected chi connectivity index (χ1v) is 7.90. The van der Waals surface area contributed by atoms with Gasteiger partial charge >= 0.3 is 6.03 Å². The van der Waals surface area contributed by atoms with Crippen molar-refractivity contribution in [1.29, 1.82) is 0 Å². The molecule has 1 fully saturated rings. The summed E-state index contributed by atoms with van der Waals surface area (Å²) < 4.78 is 0. The molecule has 1 saturated heterocycles. The summed E-state index contributed by atoms with van der Waals surface area (Å²) in [4.78, 5) is 24.4. The molecule has 22 heavy (non-hydrogen) atoms. The van der Waals surface area contributed by atoms with Gasteiger partial charge in [-0.1, -0.05) is 29.8 Å². The Kier molecular flexibility index (Phi) is 5.95. The third kappa shape index (κ3) is 5.48. The topological polar surface area (TPSA) is 75.4 Å². The van der Waals surface area contributed by atoms with Gasteiger partial charge in [0, 0.05) is 19.5 Å². The Morgan fingerprint density at radius 2 is 2.05 bits per heavy atom. The van der Waals surface area contributed by atoms with Crippen molar-refractivity contribution < 1.29 is 9.59 Å². The zero-order valence-corrected chi connectivity index (χ0v) is 13.2. The molecule has 3 N–H and O–H groups in total. The molecule has 2 rings (SSSR count). The van der Waals surface area contributed by atoms with Crippen LogP contribution in [0.4, 0.5) is 4.79 Å². The van der Waals surface area contributed by atoms with Gasteiger partial charge in [0.25, 0.3) is 0 Å². The molecule has 0 unspecified atom stereocenters. The van der Waals surface area contributed by atoms with Gasteiger partial charge in [0.05, 0.1) is 0 Å². The van der Waals surface area contributed by atoms with Gasteiger partial charge in [-0.3, -0.25) is 10.1 Å². The van der Waals surface area contributed by atoms with E-state index in [4.69, 9.17) is 5.73 Å². The lowest BCUT2D eigenvalue weighted by atomic mass is 9.91. The fourth-order valence-corrected chi connectivity index (χ4v) is 3.04. The molecule has 120 valence electrons. The number of likely N-dealkylation sites (tertiary alicyclic amines) is 1. The number of nitrogens with two attached hydrogens (primary N) is 1. The molecule has 0 radical (unpaired) electrons. The van der Waals surface area contributed by atoms with Crippen molar-refractivity contribution in [2.24, 2.45) is 11.7 Å². The molecule has 1 heterocycles. The highest BCUT2D eigenvalue weighted by Gasteiger charge is 2.20. The van der Waals surface area contributed by atoms with Gasteiger partial charge in [-0.25, -0.2) is 4.79 Å². The van der Waals surface area contributed by atoms with Gasteiger partial charge in [-0.05, 0) is 44.2 Å². The summed E-state index contributed by atoms with van der Waals surface area (Å²) in [5.41, 5.74) is 7.60. The fraction of sp³-hybridized carbons (Fsp3) is 0.529. The van der Waals surface area contributed by atoms with Crippen LogP contribution in [0, 0.1) is 12.8 Å². The molecule has 0 aromatic heterocycles. The second kappa shape index (κ2) is 7.94. The van der Waals surface area contributed by atoms with Gasteiger partial charge in [0.15, 0.2) is 0 Å². The Hall–Kier alpha value is -1.88. The second-order valence-electron chi connectivity index (χ2n) is 6.16. The van der Waals surface area contributed by atoms with Crippen LogP contribution >= 0.6 is 0 Å². The first-order chi connectivity index (χ1) is 10.5. The van der Waals surface area contributed by atoms with Crippen LogP contribution in [0.5, 0.6) is 0 Å². The van der Waals surface area contributed by atoms with Gasteiger partial charge in [-0.15, -0.1) is 0 Å². The van der Waals surface area contributed by atoms with E-state index in [-0.39, 0.29) is 5.91 Å². The lowest BCUT2D eigenvalue weighted by Crippen LogP contribution is -2.40. The molecule has 1 atom stereocenters. The van der Waals surface area contributed by atoms with Crippen molar-refractivity contribution in [3.63, 3.8) is 0 Å². The normalized spacial score (nSPS) is 18.9. The number of hydrogen-bond acceptors (Lipinski definition) is 3. The SMILES string of the molecule is Cc1ccc(C[C@@H]2CCCN(CCC(=O)NC(N)=O)C2)cc1. The van der Waals surface area contributed by atoms with Crippen LogP contribution in [0.25, 0.3) is 0 Å². The molecule has 0 bridgehead atoms. The number of carbonyl (C=O) groups is 2. The minimum atomic E-state index is -0.777. The molecule has 1 aliphatic heterocycles. The van der Waals surface area contributed by atoms with Crippen molar-refractivity contribution in [3.8, 4) is 0 Å². The Balaban J connectivity index is 1.77. The molecule has 3 amide bonds. The highest BCUT2D eigenvalue weighted by Crippen LogP contribution is 2.21. The number of amides is 3. The van der Waals surface area contributed by atoms with Crippen LogP contribution in [0.3, 0.4) is 0 Å². The number of urea groups is 1. The van der Waals surface area contributed by atoms with E-state index in [0.717, 1.165) is 25.9 Å². The summed E-state index contributed by atoms with van der Waals surface area (Å²) >= 11 is 0. The average molecular weight is 303 g/mol. The highest BCUT2D eigenvalue weighted by molar-refractivity contribution is 5.93. The summed E-state index contributed by atoms with van der Waals surface area (Å²) in [5.74, 6) is 0.337. The number of carbonyl (C=O) groups excluding carboxylic acids is 2. The number of benzene rings is 1. The lowest BCUT2D eigenvalue weighted by Gasteiger charge is -2.32. The molecule has 5 heteroatoms. The predicted molar refractivity (Wildman–Crippen MR) is 86.4 cm³/mol. The molecule has 5 nitrogen and oxygen atoms in total. The van der Waals surface area contributed by atoms with Crippen LogP contribution < -0.4 is 11.1 Å². The van der Waals surface area contributed by atoms with Crippen LogP contribution in [0.15, 0.2) is 24.3 Å². The number of aryl methyl sites for hydroxylation is 1. The van der Waals surface area contributed by atoms with Gasteiger partial charge < -0.3 is 10.6 Å². The quantitative estimate of drug-likeness (QED) is 0.871. The zero-order chi connectivity index (χ0) is 15.9. The number of primary amides is 1. The maximum atomic E-state index is 11.5. The molecule has 0 aliphatic carbocycles. The van der Waals surface area contributed by atoms with E-state index in [1.165, 1.54) is 17.5 Å². The first kappa shape index (κ1) is 16.5. The Morgan fingerprint density at radius 1 is 1.32 bits per heavy atom. The lowest BCUT2D eigenvalue weighted by molar-refractivity contribution is -0.120. The van der Waals surface area contributed by atoms with Crippen molar-refractivity contribution in [2.75, 3.05) is 19.6 Å². The number of imide groups is 1. The summed E-state index contributed by atoms with van der Waals surface area (Å²) in [7, 11) is 0. The maximum absolute atomic E-state index is 11.5. The standard InChI is InChI=1S/C17H25N3O2/c1-13-4-6-14(7-5-13)11-15-3-2-9-20(12-15)10-8-16(21)19-17(18)22/h4-7,15H,2-3,8-12H2,1H3,(H3,18,19,21,22)/t15-/m0/s1. The van der Waals surface area contributed by atoms with E-state index >= 15 is 0 Å². The molecule has 0 saturated carbocycles. The fourth-order valence-electron chi connectivity index (χ4n) is 3.04. The Morgan fingerprint density at radius 3 is 2.73 bits per heavy atom. The van der Waals surface area contributed by atoms with Crippen LogP contribution in [0.2, 0.25) is 0 Å². The van der Waals surface area contributed by atoms with Crippen LogP contribution in [-0.2, 0) is 11.2 Å². The minimum absolute atomic E-state index is 0.298. The molecule has 1 aromatic carbocycles. The molecule has 0 spiro atoms. The number of rotatable bonds is 5. The molecule has 1 aliphatic rings. The Labute approximate surface area is 131 Å². The number of nitrogens with zero attached hydrogens (tertiary/aromatic N) is 1. The second-order valence-corrected chi connectivity index (χ2v) is 6.16. The van der Waals surface area contributed by atoms with Crippen molar-refractivity contribution >= 4 is 11.9 Å². The van der Waals surface area contributed by atoms with Gasteiger partial charge in [-0.2, -0.15) is 0 Å². The molecular weight excluding hydrogens is 278 g/mol. The van der Waals surface area contributed by atoms with Crippen LogP contribution in [-0.4, -0.2) is 36.5 Å². The van der Waals surface area contributed by atoms with Crippen molar-refractivity contribution in [3.05, 3.63) is 35.4 Å². The van der Waals surface area contributed by atoms with E-state index < -0.39 is 6.03 Å². The number of nitrogens with one attached hydrogen (secondary N) is 1. The number of piperidine rings is 1. The van der Waals surface area contributed by atoms with E-state index in [9.17, 15) is 9.59 Å². The highest BCUT2D eigenvalue weighted by atomic mass is 16.2. The van der Waals surface area contributed by atoms with E-state index in [1.54, 1.807) is 0 Å². The van der Waals surface area contributed by atoms with Gasteiger partial charge in [0.1, 0.15) is 0 Å². The Bertz CT molecular complexity index is 513. The predicted octanol–water partition coefficient (Wildman–Crippen LogP) is 1.83. The number of hydrogen-bond donors (Lipinski definition) is 2. The smallest absolute Gasteiger partial charge is 0.318 e. The third-order valence-electron chi connectivity index (χ3n) is 4.17. The summed E-state index contributed by atoms with van der Waals surface area (Å²) in [6.07, 6.45) is 3.80. The average Bonchev–Trinajstić information content (AvgIpc) is 2.47. The maximum Gasteiger partial charge on any atom is 0.318 e. The largest absolute Gasteiger partial charge is 0.351 e. The molecular formula is C17H25N3O2. The van der Waals surface area contributed by atoms with Crippen molar-refractivity contribution in [2.45, 2.75) is 32.6 Å². The summed E-state index contributed by atoms with van der Waals surface area (Å²) in [6, 6.07) is 7.94. The van der Waals surface area contributed by atoms with E-state index in [2.05, 4.69) is 41.4 Å². The third-order valence-corrected chi connectivity index (χ3v) is 4.17. The summed E-state index contributed by atoms with van der Waals surface area (Å²) in [6.45, 7) is 4.82. The van der Waals surface area contributed by atoms with E-state index in [0.29, 0.717) is 18.9 Å². The monoisotopic (exact) mass is 303 g/mol. The minimum Gasteiger partial charge on any atom is -0.351 e. The van der Waals surface area contributed by atoms with E-state index in [1.807, 2.05) is 0 Å². The summed E-state index contributed by atoms with van der Waals surface area (Å²) in [5, 5.41) is 2.11. The van der Waals surface area contributed by atoms with Gasteiger partial charge in [0.2, 0.25) is 5.91 Å².